The Kier molecular flexibility index (Phi) is 7.59. The van der Waals surface area contributed by atoms with Crippen LogP contribution in [0.25, 0.3) is 0 Å². The molecule has 0 radical (unpaired) electrons. The molecule has 1 atom stereocenters. The number of likely N-dealkylation sites (N-methyl/N-ethyl adjacent to an activating group) is 1. The zero-order valence-electron chi connectivity index (χ0n) is 16.8. The molecule has 0 aliphatic rings. The van der Waals surface area contributed by atoms with Crippen molar-refractivity contribution in [3.8, 4) is 11.5 Å². The third kappa shape index (κ3) is 6.53. The lowest BCUT2D eigenvalue weighted by molar-refractivity contribution is -0.137. The fraction of sp³-hybridized carbons (Fsp3) is 0.286. The summed E-state index contributed by atoms with van der Waals surface area (Å²) in [4.78, 5) is 37.2. The van der Waals surface area contributed by atoms with E-state index in [9.17, 15) is 14.4 Å². The third-order valence-corrected chi connectivity index (χ3v) is 3.89. The van der Waals surface area contributed by atoms with Gasteiger partial charge in [0.25, 0.3) is 11.8 Å². The average Bonchev–Trinajstić information content (AvgIpc) is 2.72. The minimum Gasteiger partial charge on any atom is -0.497 e. The van der Waals surface area contributed by atoms with Gasteiger partial charge in [0, 0.05) is 25.8 Å². The van der Waals surface area contributed by atoms with Gasteiger partial charge in [-0.15, -0.1) is 0 Å². The summed E-state index contributed by atoms with van der Waals surface area (Å²) in [6.07, 6.45) is -0.881. The number of hydrogen-bond donors (Lipinski definition) is 1. The van der Waals surface area contributed by atoms with Gasteiger partial charge in [0.2, 0.25) is 0 Å². The van der Waals surface area contributed by atoms with E-state index in [1.165, 1.54) is 24.0 Å². The van der Waals surface area contributed by atoms with E-state index in [0.717, 1.165) is 0 Å². The molecule has 0 aromatic heterocycles. The van der Waals surface area contributed by atoms with Crippen LogP contribution in [0, 0.1) is 0 Å². The van der Waals surface area contributed by atoms with Crippen molar-refractivity contribution in [2.24, 2.45) is 0 Å². The highest BCUT2D eigenvalue weighted by Crippen LogP contribution is 2.17. The third-order valence-electron chi connectivity index (χ3n) is 3.89. The molecule has 1 unspecified atom stereocenters. The number of methoxy groups -OCH3 is 1. The number of amides is 2. The van der Waals surface area contributed by atoms with Crippen LogP contribution in [-0.4, -0.2) is 56.6 Å². The molecule has 0 heterocycles. The van der Waals surface area contributed by atoms with Crippen molar-refractivity contribution < 1.29 is 28.6 Å². The molecule has 154 valence electrons. The molecule has 8 heteroatoms. The summed E-state index contributed by atoms with van der Waals surface area (Å²) in [7, 11) is 4.72. The molecule has 2 rings (SSSR count). The number of benzene rings is 2. The van der Waals surface area contributed by atoms with E-state index in [1.54, 1.807) is 57.6 Å². The fourth-order valence-corrected chi connectivity index (χ4v) is 2.38. The molecular formula is C21H24N2O6. The van der Waals surface area contributed by atoms with Crippen LogP contribution in [0.1, 0.15) is 17.3 Å². The van der Waals surface area contributed by atoms with Gasteiger partial charge in [-0.3, -0.25) is 9.59 Å². The minimum absolute atomic E-state index is 0.199. The number of hydrogen-bond acceptors (Lipinski definition) is 6. The second kappa shape index (κ2) is 10.1. The monoisotopic (exact) mass is 400 g/mol. The van der Waals surface area contributed by atoms with Crippen LogP contribution in [0.4, 0.5) is 5.69 Å². The Bertz CT molecular complexity index is 864. The van der Waals surface area contributed by atoms with Gasteiger partial charge in [0.15, 0.2) is 12.7 Å². The summed E-state index contributed by atoms with van der Waals surface area (Å²) >= 11 is 0. The molecule has 0 fully saturated rings. The van der Waals surface area contributed by atoms with Crippen molar-refractivity contribution in [2.45, 2.75) is 13.0 Å². The van der Waals surface area contributed by atoms with Crippen LogP contribution >= 0.6 is 0 Å². The summed E-state index contributed by atoms with van der Waals surface area (Å²) in [5.74, 6) is -0.208. The first-order chi connectivity index (χ1) is 13.8. The van der Waals surface area contributed by atoms with Crippen molar-refractivity contribution in [2.75, 3.05) is 33.1 Å². The summed E-state index contributed by atoms with van der Waals surface area (Å²) < 4.78 is 15.7. The van der Waals surface area contributed by atoms with Crippen LogP contribution in [0.15, 0.2) is 48.5 Å². The molecule has 1 N–H and O–H groups in total. The highest BCUT2D eigenvalue weighted by Gasteiger charge is 2.20. The van der Waals surface area contributed by atoms with E-state index in [0.29, 0.717) is 17.2 Å². The predicted molar refractivity (Wildman–Crippen MR) is 107 cm³/mol. The van der Waals surface area contributed by atoms with Gasteiger partial charge in [-0.25, -0.2) is 4.79 Å². The molecule has 2 amide bonds. The Morgan fingerprint density at radius 2 is 1.72 bits per heavy atom. The number of nitrogens with zero attached hydrogens (tertiary/aromatic N) is 1. The number of carbonyl (C=O) groups excluding carboxylic acids is 3. The van der Waals surface area contributed by atoms with E-state index in [1.807, 2.05) is 0 Å². The maximum absolute atomic E-state index is 12.1. The van der Waals surface area contributed by atoms with Gasteiger partial charge in [0.1, 0.15) is 11.5 Å². The van der Waals surface area contributed by atoms with Crippen LogP contribution in [0.3, 0.4) is 0 Å². The first kappa shape index (κ1) is 21.7. The van der Waals surface area contributed by atoms with Crippen LogP contribution in [0.2, 0.25) is 0 Å². The van der Waals surface area contributed by atoms with Gasteiger partial charge in [-0.1, -0.05) is 6.07 Å². The Morgan fingerprint density at radius 1 is 1.03 bits per heavy atom. The number of anilines is 1. The van der Waals surface area contributed by atoms with Gasteiger partial charge in [-0.2, -0.15) is 0 Å². The maximum Gasteiger partial charge on any atom is 0.338 e. The van der Waals surface area contributed by atoms with E-state index in [-0.39, 0.29) is 24.0 Å². The molecule has 0 aliphatic carbocycles. The minimum atomic E-state index is -0.881. The van der Waals surface area contributed by atoms with Gasteiger partial charge >= 0.3 is 5.97 Å². The highest BCUT2D eigenvalue weighted by molar-refractivity contribution is 5.93. The Morgan fingerprint density at radius 3 is 2.34 bits per heavy atom. The summed E-state index contributed by atoms with van der Waals surface area (Å²) in [5.41, 5.74) is 0.869. The predicted octanol–water partition coefficient (Wildman–Crippen LogP) is 2.35. The molecule has 2 aromatic carbocycles. The van der Waals surface area contributed by atoms with Crippen molar-refractivity contribution in [3.05, 3.63) is 54.1 Å². The van der Waals surface area contributed by atoms with Crippen molar-refractivity contribution in [3.63, 3.8) is 0 Å². The number of nitrogens with one attached hydrogen (secondary N) is 1. The maximum atomic E-state index is 12.1. The second-order valence-corrected chi connectivity index (χ2v) is 6.37. The molecule has 2 aromatic rings. The Balaban J connectivity index is 1.86. The first-order valence-electron chi connectivity index (χ1n) is 8.89. The average molecular weight is 400 g/mol. The summed E-state index contributed by atoms with van der Waals surface area (Å²) in [5, 5.41) is 2.70. The van der Waals surface area contributed by atoms with Crippen molar-refractivity contribution >= 4 is 23.5 Å². The van der Waals surface area contributed by atoms with E-state index in [2.05, 4.69) is 5.32 Å². The SMILES string of the molecule is COc1cccc(NC(=O)COc2ccc(C(=O)OC(C)C(=O)N(C)C)cc2)c1. The van der Waals surface area contributed by atoms with Crippen LogP contribution in [-0.2, 0) is 14.3 Å². The zero-order chi connectivity index (χ0) is 21.4. The second-order valence-electron chi connectivity index (χ2n) is 6.37. The van der Waals surface area contributed by atoms with E-state index in [4.69, 9.17) is 14.2 Å². The quantitative estimate of drug-likeness (QED) is 0.684. The summed E-state index contributed by atoms with van der Waals surface area (Å²) in [6.45, 7) is 1.31. The molecular weight excluding hydrogens is 376 g/mol. The lowest BCUT2D eigenvalue weighted by Gasteiger charge is -2.17. The van der Waals surface area contributed by atoms with Gasteiger partial charge < -0.3 is 24.4 Å². The number of carbonyl (C=O) groups is 3. The normalized spacial score (nSPS) is 11.2. The molecule has 8 nitrogen and oxygen atoms in total. The summed E-state index contributed by atoms with van der Waals surface area (Å²) in [6, 6.07) is 13.1. The van der Waals surface area contributed by atoms with Gasteiger partial charge in [-0.05, 0) is 43.3 Å². The number of esters is 1. The lowest BCUT2D eigenvalue weighted by Crippen LogP contribution is -2.34. The molecule has 0 spiro atoms. The topological polar surface area (TPSA) is 94.2 Å². The standard InChI is InChI=1S/C21H24N2O6/c1-14(20(25)23(2)3)29-21(26)15-8-10-17(11-9-15)28-13-19(24)22-16-6-5-7-18(12-16)27-4/h5-12,14H,13H2,1-4H3,(H,22,24). The Labute approximate surface area is 169 Å². The number of ether oxygens (including phenoxy) is 3. The fourth-order valence-electron chi connectivity index (χ4n) is 2.38. The Hall–Kier alpha value is -3.55. The zero-order valence-corrected chi connectivity index (χ0v) is 16.8. The van der Waals surface area contributed by atoms with Crippen molar-refractivity contribution in [1.29, 1.82) is 0 Å². The molecule has 0 bridgehead atoms. The lowest BCUT2D eigenvalue weighted by atomic mass is 10.2. The molecule has 0 saturated carbocycles. The number of rotatable bonds is 8. The van der Waals surface area contributed by atoms with Crippen LogP contribution < -0.4 is 14.8 Å². The smallest absolute Gasteiger partial charge is 0.338 e. The largest absolute Gasteiger partial charge is 0.497 e. The molecule has 0 aliphatic heterocycles. The van der Waals surface area contributed by atoms with Gasteiger partial charge in [0.05, 0.1) is 12.7 Å². The van der Waals surface area contributed by atoms with Crippen LogP contribution in [0.5, 0.6) is 11.5 Å². The highest BCUT2D eigenvalue weighted by atomic mass is 16.5. The van der Waals surface area contributed by atoms with E-state index >= 15 is 0 Å². The molecule has 29 heavy (non-hydrogen) atoms. The molecule has 0 saturated heterocycles. The van der Waals surface area contributed by atoms with Crippen molar-refractivity contribution in [1.82, 2.24) is 4.90 Å². The first-order valence-corrected chi connectivity index (χ1v) is 8.89. The van der Waals surface area contributed by atoms with E-state index < -0.39 is 12.1 Å².